The third-order valence-corrected chi connectivity index (χ3v) is 3.35. The molecule has 104 valence electrons. The lowest BCUT2D eigenvalue weighted by Gasteiger charge is -2.11. The van der Waals surface area contributed by atoms with Gasteiger partial charge in [-0.2, -0.15) is 0 Å². The third-order valence-electron chi connectivity index (χ3n) is 2.98. The molecule has 0 atom stereocenters. The predicted octanol–water partition coefficient (Wildman–Crippen LogP) is 3.65. The number of carbonyl (C=O) groups is 1. The van der Waals surface area contributed by atoms with E-state index in [1.807, 2.05) is 48.5 Å². The van der Waals surface area contributed by atoms with Crippen molar-refractivity contribution in [3.63, 3.8) is 0 Å². The number of halogens is 1. The van der Waals surface area contributed by atoms with E-state index in [1.54, 1.807) is 19.0 Å². The Labute approximate surface area is 124 Å². The smallest absolute Gasteiger partial charge is 0.253 e. The second kappa shape index (κ2) is 6.44. The Balaban J connectivity index is 2.01. The average molecular weight is 289 g/mol. The number of hydrogen-bond acceptors (Lipinski definition) is 2. The zero-order valence-corrected chi connectivity index (χ0v) is 12.3. The number of rotatable bonds is 4. The Hall–Kier alpha value is -2.00. The number of carbonyl (C=O) groups excluding carboxylic acids is 1. The highest BCUT2D eigenvalue weighted by Crippen LogP contribution is 2.17. The molecule has 0 aliphatic rings. The summed E-state index contributed by atoms with van der Waals surface area (Å²) in [6, 6.07) is 15.2. The molecule has 0 bridgehead atoms. The first-order valence-electron chi connectivity index (χ1n) is 6.37. The van der Waals surface area contributed by atoms with E-state index in [2.05, 4.69) is 5.32 Å². The first-order chi connectivity index (χ1) is 9.58. The molecule has 0 saturated carbocycles. The van der Waals surface area contributed by atoms with Gasteiger partial charge in [0.2, 0.25) is 0 Å². The van der Waals surface area contributed by atoms with Crippen molar-refractivity contribution in [2.24, 2.45) is 0 Å². The van der Waals surface area contributed by atoms with Crippen LogP contribution in [-0.4, -0.2) is 24.9 Å². The Bertz CT molecular complexity index is 594. The molecule has 2 rings (SSSR count). The summed E-state index contributed by atoms with van der Waals surface area (Å²) in [5.74, 6) is 0.00246. The predicted molar refractivity (Wildman–Crippen MR) is 83.2 cm³/mol. The van der Waals surface area contributed by atoms with Crippen LogP contribution in [0, 0.1) is 0 Å². The fraction of sp³-hybridized carbons (Fsp3) is 0.188. The van der Waals surface area contributed by atoms with Crippen LogP contribution in [0.25, 0.3) is 0 Å². The molecule has 0 aliphatic heterocycles. The minimum Gasteiger partial charge on any atom is -0.381 e. The van der Waals surface area contributed by atoms with Crippen LogP contribution in [0.3, 0.4) is 0 Å². The summed E-state index contributed by atoms with van der Waals surface area (Å²) >= 11 is 6.10. The lowest BCUT2D eigenvalue weighted by Crippen LogP contribution is -2.21. The van der Waals surface area contributed by atoms with Crippen LogP contribution in [0.4, 0.5) is 5.69 Å². The molecule has 1 N–H and O–H groups in total. The molecule has 0 aliphatic carbocycles. The van der Waals surface area contributed by atoms with Gasteiger partial charge in [-0.3, -0.25) is 4.79 Å². The highest BCUT2D eigenvalue weighted by Gasteiger charge is 2.07. The number of nitrogens with zero attached hydrogens (tertiary/aromatic N) is 1. The van der Waals surface area contributed by atoms with Crippen LogP contribution >= 0.6 is 11.6 Å². The van der Waals surface area contributed by atoms with E-state index in [4.69, 9.17) is 11.6 Å². The molecule has 0 spiro atoms. The maximum Gasteiger partial charge on any atom is 0.253 e. The standard InChI is InChI=1S/C16H17ClN2O/c1-19(2)16(20)12-7-9-14(10-8-12)18-11-13-5-3-4-6-15(13)17/h3-10,18H,11H2,1-2H3. The lowest BCUT2D eigenvalue weighted by molar-refractivity contribution is 0.0827. The van der Waals surface area contributed by atoms with Gasteiger partial charge in [-0.1, -0.05) is 29.8 Å². The number of benzene rings is 2. The van der Waals surface area contributed by atoms with Crippen LogP contribution in [0.15, 0.2) is 48.5 Å². The number of nitrogens with one attached hydrogen (secondary N) is 1. The molecule has 0 unspecified atom stereocenters. The maximum absolute atomic E-state index is 11.8. The second-order valence-corrected chi connectivity index (χ2v) is 5.13. The summed E-state index contributed by atoms with van der Waals surface area (Å²) in [6.45, 7) is 0.653. The Morgan fingerprint density at radius 3 is 2.35 bits per heavy atom. The molecule has 1 amide bonds. The molecule has 0 saturated heterocycles. The normalized spacial score (nSPS) is 10.2. The van der Waals surface area contributed by atoms with Gasteiger partial charge in [-0.15, -0.1) is 0 Å². The van der Waals surface area contributed by atoms with Crippen LogP contribution in [0.2, 0.25) is 5.02 Å². The number of hydrogen-bond donors (Lipinski definition) is 1. The molecule has 0 radical (unpaired) electrons. The van der Waals surface area contributed by atoms with Crippen molar-refractivity contribution < 1.29 is 4.79 Å². The molecule has 20 heavy (non-hydrogen) atoms. The quantitative estimate of drug-likeness (QED) is 0.931. The fourth-order valence-corrected chi connectivity index (χ4v) is 2.03. The maximum atomic E-state index is 11.8. The molecular weight excluding hydrogens is 272 g/mol. The van der Waals surface area contributed by atoms with Crippen molar-refractivity contribution in [2.75, 3.05) is 19.4 Å². The highest BCUT2D eigenvalue weighted by molar-refractivity contribution is 6.31. The zero-order valence-electron chi connectivity index (χ0n) is 11.6. The summed E-state index contributed by atoms with van der Waals surface area (Å²) in [4.78, 5) is 13.3. The van der Waals surface area contributed by atoms with Crippen LogP contribution in [0.5, 0.6) is 0 Å². The Kier molecular flexibility index (Phi) is 4.64. The monoisotopic (exact) mass is 288 g/mol. The molecule has 2 aromatic carbocycles. The topological polar surface area (TPSA) is 32.3 Å². The largest absolute Gasteiger partial charge is 0.381 e. The van der Waals surface area contributed by atoms with E-state index in [0.29, 0.717) is 12.1 Å². The third kappa shape index (κ3) is 3.52. The minimum atomic E-state index is 0.00246. The Morgan fingerprint density at radius 2 is 1.75 bits per heavy atom. The molecular formula is C16H17ClN2O. The zero-order chi connectivity index (χ0) is 14.5. The van der Waals surface area contributed by atoms with E-state index < -0.39 is 0 Å². The van der Waals surface area contributed by atoms with Gasteiger partial charge in [-0.05, 0) is 35.9 Å². The van der Waals surface area contributed by atoms with Gasteiger partial charge in [0.1, 0.15) is 0 Å². The van der Waals surface area contributed by atoms with Crippen molar-refractivity contribution in [1.82, 2.24) is 4.90 Å². The van der Waals surface area contributed by atoms with Gasteiger partial charge in [0.05, 0.1) is 0 Å². The van der Waals surface area contributed by atoms with Crippen molar-refractivity contribution in [1.29, 1.82) is 0 Å². The minimum absolute atomic E-state index is 0.00246. The van der Waals surface area contributed by atoms with Crippen LogP contribution in [0.1, 0.15) is 15.9 Å². The van der Waals surface area contributed by atoms with Gasteiger partial charge in [0, 0.05) is 36.9 Å². The first kappa shape index (κ1) is 14.4. The summed E-state index contributed by atoms with van der Waals surface area (Å²) in [5, 5.41) is 4.04. The van der Waals surface area contributed by atoms with Crippen LogP contribution < -0.4 is 5.32 Å². The molecule has 0 heterocycles. The highest BCUT2D eigenvalue weighted by atomic mass is 35.5. The molecule has 0 fully saturated rings. The van der Waals surface area contributed by atoms with E-state index in [9.17, 15) is 4.79 Å². The van der Waals surface area contributed by atoms with Crippen molar-refractivity contribution in [3.05, 3.63) is 64.7 Å². The van der Waals surface area contributed by atoms with Gasteiger partial charge < -0.3 is 10.2 Å². The Morgan fingerprint density at radius 1 is 1.10 bits per heavy atom. The summed E-state index contributed by atoms with van der Waals surface area (Å²) in [7, 11) is 3.48. The van der Waals surface area contributed by atoms with Gasteiger partial charge in [0.15, 0.2) is 0 Å². The van der Waals surface area contributed by atoms with E-state index in [-0.39, 0.29) is 5.91 Å². The van der Waals surface area contributed by atoms with Crippen molar-refractivity contribution in [2.45, 2.75) is 6.54 Å². The number of amides is 1. The fourth-order valence-electron chi connectivity index (χ4n) is 1.83. The van der Waals surface area contributed by atoms with Crippen molar-refractivity contribution >= 4 is 23.2 Å². The average Bonchev–Trinajstić information content (AvgIpc) is 2.46. The molecule has 2 aromatic rings. The second-order valence-electron chi connectivity index (χ2n) is 4.72. The summed E-state index contributed by atoms with van der Waals surface area (Å²) in [5.41, 5.74) is 2.68. The number of anilines is 1. The first-order valence-corrected chi connectivity index (χ1v) is 6.74. The van der Waals surface area contributed by atoms with E-state index >= 15 is 0 Å². The summed E-state index contributed by atoms with van der Waals surface area (Å²) < 4.78 is 0. The van der Waals surface area contributed by atoms with Crippen molar-refractivity contribution in [3.8, 4) is 0 Å². The molecule has 4 heteroatoms. The van der Waals surface area contributed by atoms with E-state index in [1.165, 1.54) is 0 Å². The van der Waals surface area contributed by atoms with Gasteiger partial charge >= 0.3 is 0 Å². The summed E-state index contributed by atoms with van der Waals surface area (Å²) in [6.07, 6.45) is 0. The molecule has 0 aromatic heterocycles. The van der Waals surface area contributed by atoms with Gasteiger partial charge in [-0.25, -0.2) is 0 Å². The van der Waals surface area contributed by atoms with Crippen LogP contribution in [-0.2, 0) is 6.54 Å². The van der Waals surface area contributed by atoms with E-state index in [0.717, 1.165) is 16.3 Å². The lowest BCUT2D eigenvalue weighted by atomic mass is 10.1. The molecule has 3 nitrogen and oxygen atoms in total. The SMILES string of the molecule is CN(C)C(=O)c1ccc(NCc2ccccc2Cl)cc1. The van der Waals surface area contributed by atoms with Gasteiger partial charge in [0.25, 0.3) is 5.91 Å².